The van der Waals surface area contributed by atoms with Gasteiger partial charge in [-0.2, -0.15) is 0 Å². The number of nitrogens with one attached hydrogen (secondary N) is 1. The second kappa shape index (κ2) is 7.42. The van der Waals surface area contributed by atoms with Crippen molar-refractivity contribution in [2.45, 2.75) is 25.2 Å². The molecule has 5 nitrogen and oxygen atoms in total. The molecular formula is C18H23N3O2. The van der Waals surface area contributed by atoms with Crippen LogP contribution in [0.1, 0.15) is 25.3 Å². The highest BCUT2D eigenvalue weighted by atomic mass is 16.5. The fraction of sp³-hybridized carbons (Fsp3) is 0.444. The minimum atomic E-state index is 0.0561. The number of nitrogens with zero attached hydrogens (tertiary/aromatic N) is 2. The highest BCUT2D eigenvalue weighted by molar-refractivity contribution is 5.37. The maximum atomic E-state index is 5.58. The van der Waals surface area contributed by atoms with Gasteiger partial charge in [-0.05, 0) is 37.5 Å². The molecule has 1 fully saturated rings. The lowest BCUT2D eigenvalue weighted by molar-refractivity contribution is 0.0543. The molecule has 0 radical (unpaired) electrons. The Hall–Kier alpha value is -2.14. The van der Waals surface area contributed by atoms with Gasteiger partial charge in [-0.25, -0.2) is 4.98 Å². The molecule has 1 aromatic heterocycles. The molecule has 3 rings (SSSR count). The predicted molar refractivity (Wildman–Crippen MR) is 89.9 cm³/mol. The Morgan fingerprint density at radius 2 is 1.96 bits per heavy atom. The molecule has 0 saturated carbocycles. The van der Waals surface area contributed by atoms with Crippen LogP contribution in [0.3, 0.4) is 0 Å². The maximum absolute atomic E-state index is 5.58. The van der Waals surface area contributed by atoms with Crippen LogP contribution in [-0.2, 0) is 10.2 Å². The number of rotatable bonds is 6. The van der Waals surface area contributed by atoms with Gasteiger partial charge in [0, 0.05) is 37.6 Å². The fourth-order valence-electron chi connectivity index (χ4n) is 3.05. The minimum Gasteiger partial charge on any atom is -0.494 e. The second-order valence-corrected chi connectivity index (χ2v) is 5.79. The number of hydrogen-bond donors (Lipinski definition) is 1. The fourth-order valence-corrected chi connectivity index (χ4v) is 3.05. The van der Waals surface area contributed by atoms with Crippen molar-refractivity contribution < 1.29 is 9.47 Å². The standard InChI is InChI=1S/C18H23N3O2/c1-2-23-16-5-3-15(4-6-16)18(7-11-22-12-8-18)14-21-17-13-19-9-10-20-17/h3-6,9-10,13H,2,7-8,11-12,14H2,1H3,(H,20,21). The molecule has 0 spiro atoms. The van der Waals surface area contributed by atoms with Gasteiger partial charge in [0.05, 0.1) is 12.8 Å². The molecule has 1 aliphatic rings. The molecule has 23 heavy (non-hydrogen) atoms. The van der Waals surface area contributed by atoms with Crippen LogP contribution in [-0.4, -0.2) is 36.3 Å². The predicted octanol–water partition coefficient (Wildman–Crippen LogP) is 3.04. The summed E-state index contributed by atoms with van der Waals surface area (Å²) in [5.74, 6) is 1.73. The number of benzene rings is 1. The largest absolute Gasteiger partial charge is 0.494 e. The van der Waals surface area contributed by atoms with Gasteiger partial charge in [-0.1, -0.05) is 12.1 Å². The zero-order valence-corrected chi connectivity index (χ0v) is 13.5. The normalized spacial score (nSPS) is 16.7. The molecule has 0 bridgehead atoms. The van der Waals surface area contributed by atoms with Crippen molar-refractivity contribution >= 4 is 5.82 Å². The van der Waals surface area contributed by atoms with E-state index in [0.717, 1.165) is 44.2 Å². The average Bonchev–Trinajstić information content (AvgIpc) is 2.63. The quantitative estimate of drug-likeness (QED) is 0.888. The van der Waals surface area contributed by atoms with Crippen LogP contribution in [0.15, 0.2) is 42.9 Å². The lowest BCUT2D eigenvalue weighted by Crippen LogP contribution is -2.40. The summed E-state index contributed by atoms with van der Waals surface area (Å²) in [5.41, 5.74) is 1.38. The monoisotopic (exact) mass is 313 g/mol. The Morgan fingerprint density at radius 1 is 1.17 bits per heavy atom. The smallest absolute Gasteiger partial charge is 0.144 e. The van der Waals surface area contributed by atoms with Crippen LogP contribution in [0, 0.1) is 0 Å². The van der Waals surface area contributed by atoms with E-state index in [1.807, 2.05) is 6.92 Å². The molecule has 1 N–H and O–H groups in total. The molecule has 122 valence electrons. The van der Waals surface area contributed by atoms with Gasteiger partial charge >= 0.3 is 0 Å². The van der Waals surface area contributed by atoms with Gasteiger partial charge in [-0.3, -0.25) is 4.98 Å². The van der Waals surface area contributed by atoms with Crippen LogP contribution in [0.2, 0.25) is 0 Å². The minimum absolute atomic E-state index is 0.0561. The lowest BCUT2D eigenvalue weighted by Gasteiger charge is -2.38. The first-order valence-electron chi connectivity index (χ1n) is 8.13. The first-order valence-corrected chi connectivity index (χ1v) is 8.13. The van der Waals surface area contributed by atoms with Gasteiger partial charge in [0.2, 0.25) is 0 Å². The van der Waals surface area contributed by atoms with Crippen LogP contribution >= 0.6 is 0 Å². The van der Waals surface area contributed by atoms with Crippen molar-refractivity contribution in [3.8, 4) is 5.75 Å². The van der Waals surface area contributed by atoms with Crippen molar-refractivity contribution in [1.29, 1.82) is 0 Å². The van der Waals surface area contributed by atoms with Gasteiger partial charge < -0.3 is 14.8 Å². The zero-order valence-electron chi connectivity index (χ0n) is 13.5. The van der Waals surface area contributed by atoms with E-state index in [1.165, 1.54) is 5.56 Å². The topological polar surface area (TPSA) is 56.3 Å². The molecule has 1 aromatic carbocycles. The summed E-state index contributed by atoms with van der Waals surface area (Å²) in [7, 11) is 0. The molecule has 0 aliphatic carbocycles. The van der Waals surface area contributed by atoms with E-state index >= 15 is 0 Å². The lowest BCUT2D eigenvalue weighted by atomic mass is 9.74. The number of ether oxygens (including phenoxy) is 2. The third kappa shape index (κ3) is 3.79. The molecule has 0 amide bonds. The first kappa shape index (κ1) is 15.7. The van der Waals surface area contributed by atoms with E-state index < -0.39 is 0 Å². The summed E-state index contributed by atoms with van der Waals surface area (Å²) in [6, 6.07) is 8.46. The van der Waals surface area contributed by atoms with E-state index in [-0.39, 0.29) is 5.41 Å². The Kier molecular flexibility index (Phi) is 5.08. The van der Waals surface area contributed by atoms with Crippen LogP contribution < -0.4 is 10.1 Å². The van der Waals surface area contributed by atoms with Gasteiger partial charge in [0.1, 0.15) is 11.6 Å². The van der Waals surface area contributed by atoms with Gasteiger partial charge in [-0.15, -0.1) is 0 Å². The Bertz CT molecular complexity index is 595. The highest BCUT2D eigenvalue weighted by Gasteiger charge is 2.34. The molecule has 5 heteroatoms. The Balaban J connectivity index is 1.78. The average molecular weight is 313 g/mol. The molecular weight excluding hydrogens is 290 g/mol. The van der Waals surface area contributed by atoms with Gasteiger partial charge in [0.25, 0.3) is 0 Å². The zero-order chi connectivity index (χ0) is 16.0. The van der Waals surface area contributed by atoms with Crippen LogP contribution in [0.5, 0.6) is 5.75 Å². The van der Waals surface area contributed by atoms with E-state index in [0.29, 0.717) is 6.61 Å². The van der Waals surface area contributed by atoms with Crippen molar-refractivity contribution in [3.63, 3.8) is 0 Å². The van der Waals surface area contributed by atoms with Crippen molar-refractivity contribution in [3.05, 3.63) is 48.4 Å². The molecule has 0 unspecified atom stereocenters. The van der Waals surface area contributed by atoms with Crippen molar-refractivity contribution in [2.24, 2.45) is 0 Å². The summed E-state index contributed by atoms with van der Waals surface area (Å²) < 4.78 is 11.1. The van der Waals surface area contributed by atoms with E-state index in [9.17, 15) is 0 Å². The summed E-state index contributed by atoms with van der Waals surface area (Å²) in [6.07, 6.45) is 7.13. The molecule has 0 atom stereocenters. The highest BCUT2D eigenvalue weighted by Crippen LogP contribution is 2.35. The van der Waals surface area contributed by atoms with Crippen LogP contribution in [0.4, 0.5) is 5.82 Å². The Morgan fingerprint density at radius 3 is 2.61 bits per heavy atom. The van der Waals surface area contributed by atoms with E-state index in [2.05, 4.69) is 39.6 Å². The molecule has 1 saturated heterocycles. The summed E-state index contributed by atoms with van der Waals surface area (Å²) in [6.45, 7) is 5.08. The second-order valence-electron chi connectivity index (χ2n) is 5.79. The SMILES string of the molecule is CCOc1ccc(C2(CNc3cnccn3)CCOCC2)cc1. The van der Waals surface area contributed by atoms with Crippen LogP contribution in [0.25, 0.3) is 0 Å². The van der Waals surface area contributed by atoms with E-state index in [4.69, 9.17) is 9.47 Å². The maximum Gasteiger partial charge on any atom is 0.144 e. The number of anilines is 1. The molecule has 2 aromatic rings. The molecule has 1 aliphatic heterocycles. The van der Waals surface area contributed by atoms with Crippen molar-refractivity contribution in [1.82, 2.24) is 9.97 Å². The summed E-state index contributed by atoms with van der Waals surface area (Å²) >= 11 is 0. The third-order valence-electron chi connectivity index (χ3n) is 4.40. The summed E-state index contributed by atoms with van der Waals surface area (Å²) in [5, 5.41) is 3.43. The van der Waals surface area contributed by atoms with E-state index in [1.54, 1.807) is 18.6 Å². The van der Waals surface area contributed by atoms with Crippen molar-refractivity contribution in [2.75, 3.05) is 31.7 Å². The Labute approximate surface area is 137 Å². The molecule has 2 heterocycles. The number of hydrogen-bond acceptors (Lipinski definition) is 5. The van der Waals surface area contributed by atoms with Gasteiger partial charge in [0.15, 0.2) is 0 Å². The number of aromatic nitrogens is 2. The third-order valence-corrected chi connectivity index (χ3v) is 4.40. The first-order chi connectivity index (χ1) is 11.3. The summed E-state index contributed by atoms with van der Waals surface area (Å²) in [4.78, 5) is 8.41.